The van der Waals surface area contributed by atoms with E-state index in [9.17, 15) is 0 Å². The normalized spacial score (nSPS) is 20.6. The van der Waals surface area contributed by atoms with Gasteiger partial charge in [-0.05, 0) is 47.1 Å². The third kappa shape index (κ3) is 1.92. The van der Waals surface area contributed by atoms with E-state index >= 15 is 0 Å². The molecule has 0 radical (unpaired) electrons. The highest BCUT2D eigenvalue weighted by atomic mass is 16.5. The standard InChI is InChI=1S/C18H19NO/c19-17(11-15-9-12-3-1-2-4-16(12)15)13-5-6-18-14(10-13)7-8-20-18/h1-6,10,15,17H,7-9,11,19H2. The smallest absolute Gasteiger partial charge is 0.122 e. The van der Waals surface area contributed by atoms with E-state index in [1.54, 1.807) is 0 Å². The highest BCUT2D eigenvalue weighted by Crippen LogP contribution is 2.40. The number of rotatable bonds is 3. The van der Waals surface area contributed by atoms with Gasteiger partial charge >= 0.3 is 0 Å². The maximum Gasteiger partial charge on any atom is 0.122 e. The second-order valence-electron chi connectivity index (χ2n) is 5.91. The number of hydrogen-bond acceptors (Lipinski definition) is 2. The first-order valence-electron chi connectivity index (χ1n) is 7.40. The van der Waals surface area contributed by atoms with Gasteiger partial charge in [-0.15, -0.1) is 0 Å². The molecule has 2 aromatic rings. The lowest BCUT2D eigenvalue weighted by Gasteiger charge is -2.32. The molecule has 20 heavy (non-hydrogen) atoms. The summed E-state index contributed by atoms with van der Waals surface area (Å²) in [6, 6.07) is 15.3. The fourth-order valence-electron chi connectivity index (χ4n) is 3.45. The summed E-state index contributed by atoms with van der Waals surface area (Å²) >= 11 is 0. The first kappa shape index (κ1) is 12.0. The molecule has 0 amide bonds. The van der Waals surface area contributed by atoms with Gasteiger partial charge in [-0.2, -0.15) is 0 Å². The molecule has 0 bridgehead atoms. The van der Waals surface area contributed by atoms with Crippen LogP contribution in [0.1, 0.15) is 40.6 Å². The van der Waals surface area contributed by atoms with E-state index < -0.39 is 0 Å². The predicted octanol–water partition coefficient (Wildman–Crippen LogP) is 3.35. The van der Waals surface area contributed by atoms with Gasteiger partial charge in [-0.1, -0.05) is 36.4 Å². The van der Waals surface area contributed by atoms with Gasteiger partial charge in [0.05, 0.1) is 6.61 Å². The number of benzene rings is 2. The topological polar surface area (TPSA) is 35.2 Å². The van der Waals surface area contributed by atoms with Gasteiger partial charge in [0.15, 0.2) is 0 Å². The Morgan fingerprint density at radius 3 is 2.95 bits per heavy atom. The average molecular weight is 265 g/mol. The summed E-state index contributed by atoms with van der Waals surface area (Å²) in [5.41, 5.74) is 12.0. The van der Waals surface area contributed by atoms with Crippen LogP contribution in [0.15, 0.2) is 42.5 Å². The zero-order valence-corrected chi connectivity index (χ0v) is 11.5. The van der Waals surface area contributed by atoms with E-state index in [1.807, 2.05) is 0 Å². The first-order valence-corrected chi connectivity index (χ1v) is 7.40. The largest absolute Gasteiger partial charge is 0.493 e. The number of hydrogen-bond donors (Lipinski definition) is 1. The van der Waals surface area contributed by atoms with Crippen LogP contribution in [-0.4, -0.2) is 6.61 Å². The Morgan fingerprint density at radius 1 is 1.15 bits per heavy atom. The van der Waals surface area contributed by atoms with Crippen molar-refractivity contribution in [2.24, 2.45) is 5.73 Å². The van der Waals surface area contributed by atoms with Crippen molar-refractivity contribution in [1.29, 1.82) is 0 Å². The molecular weight excluding hydrogens is 246 g/mol. The molecule has 0 spiro atoms. The van der Waals surface area contributed by atoms with Crippen LogP contribution in [0.5, 0.6) is 5.75 Å². The molecule has 2 unspecified atom stereocenters. The molecule has 102 valence electrons. The minimum Gasteiger partial charge on any atom is -0.493 e. The van der Waals surface area contributed by atoms with Gasteiger partial charge in [0.1, 0.15) is 5.75 Å². The lowest BCUT2D eigenvalue weighted by atomic mass is 9.74. The first-order chi connectivity index (χ1) is 9.81. The Kier molecular flexibility index (Phi) is 2.78. The molecular formula is C18H19NO. The Morgan fingerprint density at radius 2 is 2.05 bits per heavy atom. The van der Waals surface area contributed by atoms with Gasteiger partial charge in [0.25, 0.3) is 0 Å². The van der Waals surface area contributed by atoms with Crippen LogP contribution in [0.4, 0.5) is 0 Å². The van der Waals surface area contributed by atoms with Gasteiger partial charge in [-0.25, -0.2) is 0 Å². The van der Waals surface area contributed by atoms with Crippen LogP contribution in [-0.2, 0) is 12.8 Å². The molecule has 1 heterocycles. The van der Waals surface area contributed by atoms with Crippen molar-refractivity contribution in [2.75, 3.05) is 6.61 Å². The Labute approximate surface area is 119 Å². The minimum absolute atomic E-state index is 0.124. The van der Waals surface area contributed by atoms with Gasteiger partial charge in [0, 0.05) is 12.5 Å². The lowest BCUT2D eigenvalue weighted by Crippen LogP contribution is -2.22. The molecule has 2 aromatic carbocycles. The summed E-state index contributed by atoms with van der Waals surface area (Å²) in [6.45, 7) is 0.810. The summed E-state index contributed by atoms with van der Waals surface area (Å²) in [5.74, 6) is 1.67. The van der Waals surface area contributed by atoms with Crippen molar-refractivity contribution < 1.29 is 4.74 Å². The summed E-state index contributed by atoms with van der Waals surface area (Å²) in [7, 11) is 0. The quantitative estimate of drug-likeness (QED) is 0.923. The fourth-order valence-corrected chi connectivity index (χ4v) is 3.45. The molecule has 2 N–H and O–H groups in total. The Balaban J connectivity index is 1.50. The summed E-state index contributed by atoms with van der Waals surface area (Å²) in [4.78, 5) is 0. The molecule has 2 heteroatoms. The molecule has 2 nitrogen and oxygen atoms in total. The average Bonchev–Trinajstić information content (AvgIpc) is 2.92. The van der Waals surface area contributed by atoms with E-state index in [-0.39, 0.29) is 6.04 Å². The van der Waals surface area contributed by atoms with E-state index in [0.717, 1.165) is 25.2 Å². The molecule has 0 saturated heterocycles. The molecule has 1 aliphatic carbocycles. The molecule has 0 fully saturated rings. The second kappa shape index (κ2) is 4.64. The summed E-state index contributed by atoms with van der Waals surface area (Å²) in [5, 5.41) is 0. The Bertz CT molecular complexity index is 650. The van der Waals surface area contributed by atoms with Crippen molar-refractivity contribution in [1.82, 2.24) is 0 Å². The van der Waals surface area contributed by atoms with Crippen molar-refractivity contribution in [3.8, 4) is 5.75 Å². The third-order valence-corrected chi connectivity index (χ3v) is 4.64. The van der Waals surface area contributed by atoms with E-state index in [1.165, 1.54) is 28.7 Å². The van der Waals surface area contributed by atoms with Gasteiger partial charge in [-0.3, -0.25) is 0 Å². The van der Waals surface area contributed by atoms with Crippen LogP contribution in [0.2, 0.25) is 0 Å². The molecule has 2 aliphatic rings. The van der Waals surface area contributed by atoms with E-state index in [0.29, 0.717) is 5.92 Å². The molecule has 0 aromatic heterocycles. The van der Waals surface area contributed by atoms with Gasteiger partial charge in [0.2, 0.25) is 0 Å². The molecule has 4 rings (SSSR count). The number of nitrogens with two attached hydrogens (primary N) is 1. The fraction of sp³-hybridized carbons (Fsp3) is 0.333. The highest BCUT2D eigenvalue weighted by Gasteiger charge is 2.27. The summed E-state index contributed by atoms with van der Waals surface area (Å²) < 4.78 is 5.55. The lowest BCUT2D eigenvalue weighted by molar-refractivity contribution is 0.356. The maximum atomic E-state index is 6.42. The van der Waals surface area contributed by atoms with Crippen LogP contribution in [0.3, 0.4) is 0 Å². The predicted molar refractivity (Wildman–Crippen MR) is 80.1 cm³/mol. The van der Waals surface area contributed by atoms with Crippen LogP contribution < -0.4 is 10.5 Å². The van der Waals surface area contributed by atoms with E-state index in [2.05, 4.69) is 42.5 Å². The zero-order valence-electron chi connectivity index (χ0n) is 11.5. The van der Waals surface area contributed by atoms with Crippen molar-refractivity contribution in [2.45, 2.75) is 31.2 Å². The molecule has 1 aliphatic heterocycles. The molecule has 2 atom stereocenters. The van der Waals surface area contributed by atoms with Crippen LogP contribution in [0, 0.1) is 0 Å². The minimum atomic E-state index is 0.124. The van der Waals surface area contributed by atoms with Crippen molar-refractivity contribution >= 4 is 0 Å². The van der Waals surface area contributed by atoms with Crippen molar-refractivity contribution in [3.05, 3.63) is 64.7 Å². The highest BCUT2D eigenvalue weighted by molar-refractivity contribution is 5.42. The monoisotopic (exact) mass is 265 g/mol. The second-order valence-corrected chi connectivity index (χ2v) is 5.91. The number of ether oxygens (including phenoxy) is 1. The SMILES string of the molecule is NC(CC1Cc2ccccc21)c1ccc2c(c1)CCO2. The third-order valence-electron chi connectivity index (χ3n) is 4.64. The number of fused-ring (bicyclic) bond motifs is 2. The van der Waals surface area contributed by atoms with Crippen molar-refractivity contribution in [3.63, 3.8) is 0 Å². The maximum absolute atomic E-state index is 6.42. The van der Waals surface area contributed by atoms with Crippen LogP contribution >= 0.6 is 0 Å². The Hall–Kier alpha value is -1.80. The zero-order chi connectivity index (χ0) is 13.5. The van der Waals surface area contributed by atoms with E-state index in [4.69, 9.17) is 10.5 Å². The molecule has 0 saturated carbocycles. The summed E-state index contributed by atoms with van der Waals surface area (Å²) in [6.07, 6.45) is 3.23. The van der Waals surface area contributed by atoms with Crippen LogP contribution in [0.25, 0.3) is 0 Å². The van der Waals surface area contributed by atoms with Gasteiger partial charge < -0.3 is 10.5 Å².